The van der Waals surface area contributed by atoms with Crippen molar-refractivity contribution in [2.75, 3.05) is 33.2 Å². The largest absolute Gasteiger partial charge is 0.355 e. The number of guanidine groups is 1. The molecule has 0 aromatic carbocycles. The van der Waals surface area contributed by atoms with Gasteiger partial charge in [0.05, 0.1) is 6.54 Å². The molecule has 0 radical (unpaired) electrons. The van der Waals surface area contributed by atoms with Crippen LogP contribution in [0.3, 0.4) is 0 Å². The van der Waals surface area contributed by atoms with E-state index in [9.17, 15) is 0 Å². The van der Waals surface area contributed by atoms with E-state index in [0.29, 0.717) is 6.04 Å². The molecule has 0 unspecified atom stereocenters. The summed E-state index contributed by atoms with van der Waals surface area (Å²) in [4.78, 5) is 6.56. The van der Waals surface area contributed by atoms with Crippen LogP contribution in [-0.2, 0) is 0 Å². The Morgan fingerprint density at radius 2 is 2.38 bits per heavy atom. The van der Waals surface area contributed by atoms with Gasteiger partial charge in [0.2, 0.25) is 0 Å². The summed E-state index contributed by atoms with van der Waals surface area (Å²) in [6.07, 6.45) is 0. The summed E-state index contributed by atoms with van der Waals surface area (Å²) in [6, 6.07) is 0.611. The third-order valence-corrected chi connectivity index (χ3v) is 2.31. The molecule has 0 atom stereocenters. The Morgan fingerprint density at radius 3 is 2.92 bits per heavy atom. The highest BCUT2D eigenvalue weighted by Gasteiger charge is 2.05. The Balaban J connectivity index is 2.06. The van der Waals surface area contributed by atoms with E-state index in [1.807, 2.05) is 0 Å². The first-order valence-corrected chi connectivity index (χ1v) is 4.92. The van der Waals surface area contributed by atoms with Gasteiger partial charge in [-0.15, -0.1) is 0 Å². The first-order chi connectivity index (χ1) is 6.20. The SMILES string of the molecule is CC(C)N(C)CCNC1=NCCN1. The normalized spacial score (nSPS) is 16.2. The second-order valence-electron chi connectivity index (χ2n) is 3.66. The van der Waals surface area contributed by atoms with Crippen molar-refractivity contribution < 1.29 is 0 Å². The molecule has 1 aliphatic rings. The van der Waals surface area contributed by atoms with Crippen LogP contribution in [0.2, 0.25) is 0 Å². The van der Waals surface area contributed by atoms with E-state index < -0.39 is 0 Å². The molecule has 0 aliphatic carbocycles. The van der Waals surface area contributed by atoms with Crippen molar-refractivity contribution >= 4 is 5.96 Å². The number of nitrogens with one attached hydrogen (secondary N) is 2. The fourth-order valence-electron chi connectivity index (χ4n) is 1.13. The summed E-state index contributed by atoms with van der Waals surface area (Å²) >= 11 is 0. The molecule has 2 N–H and O–H groups in total. The standard InChI is InChI=1S/C9H20N4/c1-8(2)13(3)7-6-12-9-10-4-5-11-9/h8H,4-7H2,1-3H3,(H2,10,11,12). The fourth-order valence-corrected chi connectivity index (χ4v) is 1.13. The highest BCUT2D eigenvalue weighted by Crippen LogP contribution is 1.91. The summed E-state index contributed by atoms with van der Waals surface area (Å²) in [5.74, 6) is 0.956. The Morgan fingerprint density at radius 1 is 1.62 bits per heavy atom. The zero-order valence-electron chi connectivity index (χ0n) is 8.80. The van der Waals surface area contributed by atoms with Gasteiger partial charge in [-0.1, -0.05) is 0 Å². The van der Waals surface area contributed by atoms with Crippen LogP contribution in [0.15, 0.2) is 4.99 Å². The Hall–Kier alpha value is -0.770. The number of rotatable bonds is 4. The smallest absolute Gasteiger partial charge is 0.191 e. The number of likely N-dealkylation sites (N-methyl/N-ethyl adjacent to an activating group) is 1. The Kier molecular flexibility index (Phi) is 4.02. The first-order valence-electron chi connectivity index (χ1n) is 4.92. The number of hydrogen-bond acceptors (Lipinski definition) is 4. The van der Waals surface area contributed by atoms with Crippen LogP contribution >= 0.6 is 0 Å². The summed E-state index contributed by atoms with van der Waals surface area (Å²) in [5.41, 5.74) is 0. The molecule has 0 saturated carbocycles. The number of nitrogens with zero attached hydrogens (tertiary/aromatic N) is 2. The molecule has 0 amide bonds. The van der Waals surface area contributed by atoms with Crippen LogP contribution in [0.25, 0.3) is 0 Å². The maximum absolute atomic E-state index is 4.25. The van der Waals surface area contributed by atoms with Gasteiger partial charge in [-0.25, -0.2) is 0 Å². The number of hydrogen-bond donors (Lipinski definition) is 2. The van der Waals surface area contributed by atoms with Crippen molar-refractivity contribution in [3.05, 3.63) is 0 Å². The van der Waals surface area contributed by atoms with Crippen molar-refractivity contribution in [3.8, 4) is 0 Å². The topological polar surface area (TPSA) is 39.7 Å². The lowest BCUT2D eigenvalue weighted by Crippen LogP contribution is -2.40. The van der Waals surface area contributed by atoms with Gasteiger partial charge in [0, 0.05) is 25.7 Å². The van der Waals surface area contributed by atoms with Gasteiger partial charge in [-0.05, 0) is 20.9 Å². The lowest BCUT2D eigenvalue weighted by Gasteiger charge is -2.21. The van der Waals surface area contributed by atoms with Gasteiger partial charge in [0.1, 0.15) is 0 Å². The summed E-state index contributed by atoms with van der Waals surface area (Å²) in [7, 11) is 2.14. The predicted octanol–water partition coefficient (Wildman–Crippen LogP) is -0.125. The molecule has 1 rings (SSSR count). The van der Waals surface area contributed by atoms with Crippen LogP contribution in [0.5, 0.6) is 0 Å². The molecular formula is C9H20N4. The molecule has 1 aliphatic heterocycles. The van der Waals surface area contributed by atoms with Crippen molar-refractivity contribution in [2.45, 2.75) is 19.9 Å². The quantitative estimate of drug-likeness (QED) is 0.639. The lowest BCUT2D eigenvalue weighted by molar-refractivity contribution is 0.278. The van der Waals surface area contributed by atoms with Crippen LogP contribution < -0.4 is 10.6 Å². The predicted molar refractivity (Wildman–Crippen MR) is 56.1 cm³/mol. The van der Waals surface area contributed by atoms with E-state index in [1.54, 1.807) is 0 Å². The van der Waals surface area contributed by atoms with Crippen molar-refractivity contribution in [3.63, 3.8) is 0 Å². The molecule has 0 spiro atoms. The third kappa shape index (κ3) is 3.63. The van der Waals surface area contributed by atoms with E-state index in [2.05, 4.69) is 41.4 Å². The van der Waals surface area contributed by atoms with E-state index in [0.717, 1.165) is 32.1 Å². The van der Waals surface area contributed by atoms with E-state index in [4.69, 9.17) is 0 Å². The monoisotopic (exact) mass is 184 g/mol. The first kappa shape index (κ1) is 10.3. The molecule has 76 valence electrons. The van der Waals surface area contributed by atoms with Gasteiger partial charge in [-0.2, -0.15) is 0 Å². The molecule has 4 nitrogen and oxygen atoms in total. The maximum atomic E-state index is 4.25. The van der Waals surface area contributed by atoms with Gasteiger partial charge in [0.15, 0.2) is 5.96 Å². The summed E-state index contributed by atoms with van der Waals surface area (Å²) in [5, 5.41) is 6.44. The minimum atomic E-state index is 0.611. The zero-order chi connectivity index (χ0) is 9.68. The minimum Gasteiger partial charge on any atom is -0.355 e. The van der Waals surface area contributed by atoms with Crippen molar-refractivity contribution in [1.82, 2.24) is 15.5 Å². The molecule has 0 saturated heterocycles. The summed E-state index contributed by atoms with van der Waals surface area (Å²) in [6.45, 7) is 8.29. The molecule has 4 heteroatoms. The van der Waals surface area contributed by atoms with Crippen molar-refractivity contribution in [2.24, 2.45) is 4.99 Å². The zero-order valence-corrected chi connectivity index (χ0v) is 8.80. The van der Waals surface area contributed by atoms with Crippen LogP contribution in [0.1, 0.15) is 13.8 Å². The van der Waals surface area contributed by atoms with Crippen LogP contribution in [-0.4, -0.2) is 50.1 Å². The Bertz CT molecular complexity index is 176. The lowest BCUT2D eigenvalue weighted by atomic mass is 10.3. The van der Waals surface area contributed by atoms with Crippen molar-refractivity contribution in [1.29, 1.82) is 0 Å². The highest BCUT2D eigenvalue weighted by molar-refractivity contribution is 5.81. The van der Waals surface area contributed by atoms with Gasteiger partial charge in [0.25, 0.3) is 0 Å². The molecule has 1 heterocycles. The molecular weight excluding hydrogens is 164 g/mol. The van der Waals surface area contributed by atoms with Gasteiger partial charge in [-0.3, -0.25) is 4.99 Å². The van der Waals surface area contributed by atoms with Gasteiger partial charge < -0.3 is 15.5 Å². The third-order valence-electron chi connectivity index (χ3n) is 2.31. The molecule has 0 aromatic rings. The second-order valence-corrected chi connectivity index (χ2v) is 3.66. The fraction of sp³-hybridized carbons (Fsp3) is 0.889. The highest BCUT2D eigenvalue weighted by atomic mass is 15.2. The number of aliphatic imine (C=N–C) groups is 1. The second kappa shape index (κ2) is 5.07. The Labute approximate surface area is 80.4 Å². The van der Waals surface area contributed by atoms with Crippen LogP contribution in [0.4, 0.5) is 0 Å². The molecule has 0 fully saturated rings. The van der Waals surface area contributed by atoms with E-state index in [-0.39, 0.29) is 0 Å². The van der Waals surface area contributed by atoms with E-state index in [1.165, 1.54) is 0 Å². The molecule has 0 aromatic heterocycles. The molecule has 0 bridgehead atoms. The minimum absolute atomic E-state index is 0.611. The maximum Gasteiger partial charge on any atom is 0.191 e. The van der Waals surface area contributed by atoms with E-state index >= 15 is 0 Å². The molecule has 13 heavy (non-hydrogen) atoms. The van der Waals surface area contributed by atoms with Crippen LogP contribution in [0, 0.1) is 0 Å². The average Bonchev–Trinajstić information content (AvgIpc) is 2.56. The van der Waals surface area contributed by atoms with Gasteiger partial charge >= 0.3 is 0 Å². The summed E-state index contributed by atoms with van der Waals surface area (Å²) < 4.78 is 0. The average molecular weight is 184 g/mol.